The Labute approximate surface area is 198 Å². The summed E-state index contributed by atoms with van der Waals surface area (Å²) >= 11 is 6.61. The van der Waals surface area contributed by atoms with Gasteiger partial charge in [-0.25, -0.2) is 4.79 Å². The van der Waals surface area contributed by atoms with Gasteiger partial charge in [0.05, 0.1) is 21.9 Å². The minimum absolute atomic E-state index is 0.113. The maximum absolute atomic E-state index is 12.9. The number of carbonyl (C=O) groups excluding carboxylic acids is 2. The SMILES string of the molecule is O=C(Oc1cccc(/C=C2/SC(=S)N(Cc3ccccc3)C2=O)c1)c1ccc([N+](=O)[O-])cc1. The third-order valence-electron chi connectivity index (χ3n) is 4.74. The lowest BCUT2D eigenvalue weighted by Crippen LogP contribution is -2.27. The molecule has 0 unspecified atom stereocenters. The summed E-state index contributed by atoms with van der Waals surface area (Å²) in [6.07, 6.45) is 1.70. The van der Waals surface area contributed by atoms with Crippen molar-refractivity contribution in [3.05, 3.63) is 111 Å². The van der Waals surface area contributed by atoms with E-state index in [0.717, 1.165) is 5.56 Å². The van der Waals surface area contributed by atoms with Crippen molar-refractivity contribution in [2.45, 2.75) is 6.54 Å². The van der Waals surface area contributed by atoms with Gasteiger partial charge in [0.1, 0.15) is 10.1 Å². The number of non-ortho nitro benzene ring substituents is 1. The third-order valence-corrected chi connectivity index (χ3v) is 6.12. The summed E-state index contributed by atoms with van der Waals surface area (Å²) in [4.78, 5) is 37.5. The van der Waals surface area contributed by atoms with Crippen LogP contribution in [0.1, 0.15) is 21.5 Å². The van der Waals surface area contributed by atoms with E-state index in [-0.39, 0.29) is 22.9 Å². The Hall–Kier alpha value is -3.82. The van der Waals surface area contributed by atoms with Gasteiger partial charge >= 0.3 is 5.97 Å². The molecule has 0 spiro atoms. The molecule has 164 valence electrons. The molecule has 3 aromatic carbocycles. The molecule has 1 amide bonds. The fourth-order valence-electron chi connectivity index (χ4n) is 3.11. The van der Waals surface area contributed by atoms with Crippen LogP contribution in [0.3, 0.4) is 0 Å². The third kappa shape index (κ3) is 5.33. The number of hydrogen-bond donors (Lipinski definition) is 0. The van der Waals surface area contributed by atoms with E-state index in [4.69, 9.17) is 17.0 Å². The zero-order valence-corrected chi connectivity index (χ0v) is 18.7. The van der Waals surface area contributed by atoms with Crippen LogP contribution in [0, 0.1) is 10.1 Å². The summed E-state index contributed by atoms with van der Waals surface area (Å²) < 4.78 is 5.87. The molecule has 1 aliphatic rings. The summed E-state index contributed by atoms with van der Waals surface area (Å²) in [5.74, 6) is -0.537. The monoisotopic (exact) mass is 476 g/mol. The Morgan fingerprint density at radius 1 is 1.06 bits per heavy atom. The van der Waals surface area contributed by atoms with Gasteiger partial charge in [-0.2, -0.15) is 0 Å². The van der Waals surface area contributed by atoms with Crippen molar-refractivity contribution in [1.29, 1.82) is 0 Å². The Balaban J connectivity index is 1.47. The van der Waals surface area contributed by atoms with Gasteiger partial charge in [-0.1, -0.05) is 66.4 Å². The van der Waals surface area contributed by atoms with E-state index in [9.17, 15) is 19.7 Å². The number of nitrogens with zero attached hydrogens (tertiary/aromatic N) is 2. The van der Waals surface area contributed by atoms with Crippen molar-refractivity contribution >= 4 is 51.9 Å². The van der Waals surface area contributed by atoms with Crippen LogP contribution in [0.15, 0.2) is 83.8 Å². The molecular weight excluding hydrogens is 460 g/mol. The molecule has 3 aromatic rings. The highest BCUT2D eigenvalue weighted by molar-refractivity contribution is 8.26. The van der Waals surface area contributed by atoms with E-state index < -0.39 is 10.9 Å². The van der Waals surface area contributed by atoms with E-state index in [1.165, 1.54) is 36.0 Å². The van der Waals surface area contributed by atoms with Crippen LogP contribution in [-0.2, 0) is 11.3 Å². The van der Waals surface area contributed by atoms with Crippen LogP contribution in [0.5, 0.6) is 5.75 Å². The van der Waals surface area contributed by atoms with Gasteiger partial charge in [0.15, 0.2) is 0 Å². The van der Waals surface area contributed by atoms with E-state index in [2.05, 4.69) is 0 Å². The molecule has 1 fully saturated rings. The predicted octanol–water partition coefficient (Wildman–Crippen LogP) is 5.22. The maximum Gasteiger partial charge on any atom is 0.343 e. The summed E-state index contributed by atoms with van der Waals surface area (Å²) in [5, 5.41) is 10.8. The first-order chi connectivity index (χ1) is 15.9. The quantitative estimate of drug-likeness (QED) is 0.120. The Bertz CT molecular complexity index is 1270. The number of ether oxygens (including phenoxy) is 1. The molecule has 9 heteroatoms. The summed E-state index contributed by atoms with van der Waals surface area (Å²) in [5.41, 5.74) is 1.73. The Kier molecular flexibility index (Phi) is 6.62. The fraction of sp³-hybridized carbons (Fsp3) is 0.0417. The van der Waals surface area contributed by atoms with E-state index in [1.807, 2.05) is 30.3 Å². The minimum Gasteiger partial charge on any atom is -0.423 e. The van der Waals surface area contributed by atoms with Crippen LogP contribution >= 0.6 is 24.0 Å². The highest BCUT2D eigenvalue weighted by Gasteiger charge is 2.31. The molecule has 1 heterocycles. The minimum atomic E-state index is -0.642. The Morgan fingerprint density at radius 2 is 1.79 bits per heavy atom. The Morgan fingerprint density at radius 3 is 2.48 bits per heavy atom. The lowest BCUT2D eigenvalue weighted by atomic mass is 10.2. The maximum atomic E-state index is 12.9. The molecule has 0 radical (unpaired) electrons. The number of thioether (sulfide) groups is 1. The molecule has 0 atom stereocenters. The van der Waals surface area contributed by atoms with Gasteiger partial charge in [0.2, 0.25) is 0 Å². The number of hydrogen-bond acceptors (Lipinski definition) is 7. The molecule has 0 bridgehead atoms. The van der Waals surface area contributed by atoms with Gasteiger partial charge in [0.25, 0.3) is 11.6 Å². The average molecular weight is 477 g/mol. The first kappa shape index (κ1) is 22.4. The van der Waals surface area contributed by atoms with Crippen LogP contribution in [0.25, 0.3) is 6.08 Å². The molecule has 33 heavy (non-hydrogen) atoms. The molecule has 0 aliphatic carbocycles. The van der Waals surface area contributed by atoms with Gasteiger partial charge in [-0.15, -0.1) is 0 Å². The van der Waals surface area contributed by atoms with Crippen molar-refractivity contribution in [3.63, 3.8) is 0 Å². The topological polar surface area (TPSA) is 89.8 Å². The standard InChI is InChI=1S/C24H16N2O5S2/c27-22-21(33-24(32)25(22)15-16-5-2-1-3-6-16)14-17-7-4-8-20(13-17)31-23(28)18-9-11-19(12-10-18)26(29)30/h1-14H,15H2/b21-14+. The number of benzene rings is 3. The molecular formula is C24H16N2O5S2. The lowest BCUT2D eigenvalue weighted by Gasteiger charge is -2.14. The van der Waals surface area contributed by atoms with Crippen molar-refractivity contribution in [3.8, 4) is 5.75 Å². The molecule has 0 aromatic heterocycles. The second kappa shape index (κ2) is 9.76. The zero-order chi connectivity index (χ0) is 23.4. The normalized spacial score (nSPS) is 14.5. The van der Waals surface area contributed by atoms with Crippen LogP contribution in [-0.4, -0.2) is 26.0 Å². The number of rotatable bonds is 6. The van der Waals surface area contributed by atoms with Gasteiger partial charge < -0.3 is 4.74 Å². The second-order valence-corrected chi connectivity index (χ2v) is 8.70. The lowest BCUT2D eigenvalue weighted by molar-refractivity contribution is -0.384. The fourth-order valence-corrected chi connectivity index (χ4v) is 4.36. The van der Waals surface area contributed by atoms with E-state index >= 15 is 0 Å². The number of esters is 1. The average Bonchev–Trinajstić information content (AvgIpc) is 3.07. The van der Waals surface area contributed by atoms with Gasteiger partial charge in [0, 0.05) is 12.1 Å². The summed E-state index contributed by atoms with van der Waals surface area (Å²) in [6, 6.07) is 21.5. The molecule has 4 rings (SSSR count). The molecule has 1 aliphatic heterocycles. The summed E-state index contributed by atoms with van der Waals surface area (Å²) in [7, 11) is 0. The number of thiocarbonyl (C=S) groups is 1. The highest BCUT2D eigenvalue weighted by Crippen LogP contribution is 2.34. The smallest absolute Gasteiger partial charge is 0.343 e. The largest absolute Gasteiger partial charge is 0.423 e. The summed E-state index contributed by atoms with van der Waals surface area (Å²) in [6.45, 7) is 0.399. The van der Waals surface area contributed by atoms with Gasteiger partial charge in [-0.05, 0) is 41.5 Å². The van der Waals surface area contributed by atoms with Gasteiger partial charge in [-0.3, -0.25) is 19.8 Å². The number of nitro benzene ring substituents is 1. The second-order valence-electron chi connectivity index (χ2n) is 7.02. The first-order valence-corrected chi connectivity index (χ1v) is 11.0. The van der Waals surface area contributed by atoms with Crippen LogP contribution < -0.4 is 4.74 Å². The van der Waals surface area contributed by atoms with Crippen molar-refractivity contribution in [2.75, 3.05) is 0 Å². The van der Waals surface area contributed by atoms with E-state index in [0.29, 0.717) is 21.3 Å². The van der Waals surface area contributed by atoms with Crippen molar-refractivity contribution in [2.24, 2.45) is 0 Å². The zero-order valence-electron chi connectivity index (χ0n) is 17.0. The molecule has 7 nitrogen and oxygen atoms in total. The van der Waals surface area contributed by atoms with Crippen LogP contribution in [0.4, 0.5) is 5.69 Å². The molecule has 0 saturated carbocycles. The molecule has 1 saturated heterocycles. The molecule has 0 N–H and O–H groups in total. The first-order valence-electron chi connectivity index (χ1n) is 9.77. The van der Waals surface area contributed by atoms with Crippen LogP contribution in [0.2, 0.25) is 0 Å². The number of carbonyl (C=O) groups is 2. The van der Waals surface area contributed by atoms with Crippen molar-refractivity contribution < 1.29 is 19.2 Å². The number of nitro groups is 1. The highest BCUT2D eigenvalue weighted by atomic mass is 32.2. The van der Waals surface area contributed by atoms with Crippen molar-refractivity contribution in [1.82, 2.24) is 4.90 Å². The van der Waals surface area contributed by atoms with E-state index in [1.54, 1.807) is 35.2 Å². The number of amides is 1. The predicted molar refractivity (Wildman–Crippen MR) is 130 cm³/mol.